The highest BCUT2D eigenvalue weighted by molar-refractivity contribution is 5.82. The van der Waals surface area contributed by atoms with Gasteiger partial charge in [-0.2, -0.15) is 5.26 Å². The van der Waals surface area contributed by atoms with E-state index in [9.17, 15) is 4.79 Å². The van der Waals surface area contributed by atoms with E-state index in [-0.39, 0.29) is 5.91 Å². The van der Waals surface area contributed by atoms with Crippen LogP contribution in [-0.2, 0) is 18.3 Å². The molecule has 0 saturated carbocycles. The Kier molecular flexibility index (Phi) is 3.89. The van der Waals surface area contributed by atoms with Crippen LogP contribution in [0.1, 0.15) is 37.4 Å². The average Bonchev–Trinajstić information content (AvgIpc) is 3.10. The maximum atomic E-state index is 11.6. The molecule has 0 radical (unpaired) electrons. The molecule has 114 valence electrons. The Balaban J connectivity index is 1.78. The third kappa shape index (κ3) is 2.59. The lowest BCUT2D eigenvalue weighted by molar-refractivity contribution is -0.129. The SMILES string of the molecule is CC(=O)N1CCC[C@H]1CCc1cc2ccc(C#N)cc2n1C. The summed E-state index contributed by atoms with van der Waals surface area (Å²) >= 11 is 0. The first kappa shape index (κ1) is 14.6. The summed E-state index contributed by atoms with van der Waals surface area (Å²) in [6, 6.07) is 10.6. The van der Waals surface area contributed by atoms with E-state index in [1.807, 2.05) is 23.1 Å². The maximum Gasteiger partial charge on any atom is 0.219 e. The molecule has 4 heteroatoms. The van der Waals surface area contributed by atoms with Gasteiger partial charge in [0.15, 0.2) is 0 Å². The second kappa shape index (κ2) is 5.84. The second-order valence-electron chi connectivity index (χ2n) is 6.13. The van der Waals surface area contributed by atoms with Gasteiger partial charge in [-0.3, -0.25) is 4.79 Å². The van der Waals surface area contributed by atoms with Crippen LogP contribution in [0.2, 0.25) is 0 Å². The number of carbonyl (C=O) groups excluding carboxylic acids is 1. The first-order valence-electron chi connectivity index (χ1n) is 7.86. The van der Waals surface area contributed by atoms with Crippen LogP contribution in [0.5, 0.6) is 0 Å². The number of rotatable bonds is 3. The first-order valence-corrected chi connectivity index (χ1v) is 7.86. The molecular weight excluding hydrogens is 274 g/mol. The van der Waals surface area contributed by atoms with Gasteiger partial charge in [-0.25, -0.2) is 0 Å². The van der Waals surface area contributed by atoms with Gasteiger partial charge in [0, 0.05) is 37.8 Å². The van der Waals surface area contributed by atoms with Crippen molar-refractivity contribution in [3.8, 4) is 6.07 Å². The van der Waals surface area contributed by atoms with Crippen LogP contribution in [0.4, 0.5) is 0 Å². The predicted octanol–water partition coefficient (Wildman–Crippen LogP) is 2.99. The minimum Gasteiger partial charge on any atom is -0.348 e. The Morgan fingerprint density at radius 1 is 1.41 bits per heavy atom. The predicted molar refractivity (Wildman–Crippen MR) is 86.4 cm³/mol. The molecule has 1 fully saturated rings. The minimum absolute atomic E-state index is 0.193. The van der Waals surface area contributed by atoms with Crippen molar-refractivity contribution in [2.45, 2.75) is 38.6 Å². The van der Waals surface area contributed by atoms with Gasteiger partial charge in [0.05, 0.1) is 11.6 Å². The van der Waals surface area contributed by atoms with Crippen LogP contribution in [0.15, 0.2) is 24.3 Å². The van der Waals surface area contributed by atoms with Crippen molar-refractivity contribution in [2.75, 3.05) is 6.54 Å². The molecule has 0 aliphatic carbocycles. The number of amides is 1. The fourth-order valence-electron chi connectivity index (χ4n) is 3.56. The summed E-state index contributed by atoms with van der Waals surface area (Å²) in [6.07, 6.45) is 4.20. The molecule has 1 aliphatic heterocycles. The van der Waals surface area contributed by atoms with Gasteiger partial charge >= 0.3 is 0 Å². The highest BCUT2D eigenvalue weighted by atomic mass is 16.2. The van der Waals surface area contributed by atoms with Crippen molar-refractivity contribution in [3.63, 3.8) is 0 Å². The van der Waals surface area contributed by atoms with E-state index in [1.54, 1.807) is 6.92 Å². The van der Waals surface area contributed by atoms with E-state index in [1.165, 1.54) is 11.1 Å². The van der Waals surface area contributed by atoms with Crippen LogP contribution in [0.25, 0.3) is 10.9 Å². The molecule has 1 amide bonds. The third-order valence-electron chi connectivity index (χ3n) is 4.79. The standard InChI is InChI=1S/C18H21N3O/c1-13(22)21-9-3-4-16(21)7-8-17-11-15-6-5-14(12-19)10-18(15)20(17)2/h5-6,10-11,16H,3-4,7-9H2,1-2H3/t16-/m0/s1. The molecule has 1 saturated heterocycles. The normalized spacial score (nSPS) is 17.9. The maximum absolute atomic E-state index is 11.6. The van der Waals surface area contributed by atoms with E-state index in [0.29, 0.717) is 11.6 Å². The van der Waals surface area contributed by atoms with E-state index in [2.05, 4.69) is 23.8 Å². The highest BCUT2D eigenvalue weighted by Crippen LogP contribution is 2.25. The van der Waals surface area contributed by atoms with E-state index in [0.717, 1.165) is 37.7 Å². The summed E-state index contributed by atoms with van der Waals surface area (Å²) in [5.74, 6) is 0.193. The monoisotopic (exact) mass is 295 g/mol. The lowest BCUT2D eigenvalue weighted by atomic mass is 10.1. The Bertz CT molecular complexity index is 754. The number of carbonyl (C=O) groups is 1. The van der Waals surface area contributed by atoms with Crippen molar-refractivity contribution in [1.82, 2.24) is 9.47 Å². The summed E-state index contributed by atoms with van der Waals surface area (Å²) in [7, 11) is 2.05. The van der Waals surface area contributed by atoms with Gasteiger partial charge in [-0.15, -0.1) is 0 Å². The average molecular weight is 295 g/mol. The van der Waals surface area contributed by atoms with Crippen molar-refractivity contribution < 1.29 is 4.79 Å². The number of hydrogen-bond donors (Lipinski definition) is 0. The fraction of sp³-hybridized carbons (Fsp3) is 0.444. The number of aryl methyl sites for hydroxylation is 2. The molecule has 0 unspecified atom stereocenters. The van der Waals surface area contributed by atoms with Crippen molar-refractivity contribution in [2.24, 2.45) is 7.05 Å². The van der Waals surface area contributed by atoms with E-state index in [4.69, 9.17) is 5.26 Å². The molecule has 0 spiro atoms. The molecule has 22 heavy (non-hydrogen) atoms. The number of benzene rings is 1. The zero-order chi connectivity index (χ0) is 15.7. The molecule has 0 bridgehead atoms. The Labute approximate surface area is 130 Å². The van der Waals surface area contributed by atoms with Crippen molar-refractivity contribution in [3.05, 3.63) is 35.5 Å². The van der Waals surface area contributed by atoms with E-state index < -0.39 is 0 Å². The number of aromatic nitrogens is 1. The molecule has 1 aliphatic rings. The summed E-state index contributed by atoms with van der Waals surface area (Å²) in [6.45, 7) is 2.57. The summed E-state index contributed by atoms with van der Waals surface area (Å²) in [4.78, 5) is 13.6. The highest BCUT2D eigenvalue weighted by Gasteiger charge is 2.26. The van der Waals surface area contributed by atoms with Gasteiger partial charge < -0.3 is 9.47 Å². The molecule has 4 nitrogen and oxygen atoms in total. The molecule has 2 aromatic rings. The minimum atomic E-state index is 0.193. The quantitative estimate of drug-likeness (QED) is 0.874. The zero-order valence-corrected chi connectivity index (χ0v) is 13.2. The van der Waals surface area contributed by atoms with Crippen LogP contribution >= 0.6 is 0 Å². The van der Waals surface area contributed by atoms with Crippen LogP contribution in [-0.4, -0.2) is 28.0 Å². The first-order chi connectivity index (χ1) is 10.6. The lowest BCUT2D eigenvalue weighted by Crippen LogP contribution is -2.33. The number of likely N-dealkylation sites (tertiary alicyclic amines) is 1. The van der Waals surface area contributed by atoms with Crippen LogP contribution in [0, 0.1) is 11.3 Å². The van der Waals surface area contributed by atoms with Crippen molar-refractivity contribution >= 4 is 16.8 Å². The van der Waals surface area contributed by atoms with Gasteiger partial charge in [0.2, 0.25) is 5.91 Å². The fourth-order valence-corrected chi connectivity index (χ4v) is 3.56. The van der Waals surface area contributed by atoms with Gasteiger partial charge in [-0.05, 0) is 49.3 Å². The summed E-state index contributed by atoms with van der Waals surface area (Å²) < 4.78 is 2.17. The third-order valence-corrected chi connectivity index (χ3v) is 4.79. The zero-order valence-electron chi connectivity index (χ0n) is 13.2. The van der Waals surface area contributed by atoms with Crippen LogP contribution < -0.4 is 0 Å². The number of hydrogen-bond acceptors (Lipinski definition) is 2. The topological polar surface area (TPSA) is 49.0 Å². The number of fused-ring (bicyclic) bond motifs is 1. The van der Waals surface area contributed by atoms with Gasteiger partial charge in [-0.1, -0.05) is 6.07 Å². The Hall–Kier alpha value is -2.28. The van der Waals surface area contributed by atoms with Crippen LogP contribution in [0.3, 0.4) is 0 Å². The van der Waals surface area contributed by atoms with Gasteiger partial charge in [0.1, 0.15) is 0 Å². The van der Waals surface area contributed by atoms with Crippen molar-refractivity contribution in [1.29, 1.82) is 5.26 Å². The summed E-state index contributed by atoms with van der Waals surface area (Å²) in [5, 5.41) is 10.2. The smallest absolute Gasteiger partial charge is 0.219 e. The lowest BCUT2D eigenvalue weighted by Gasteiger charge is -2.23. The Morgan fingerprint density at radius 3 is 2.95 bits per heavy atom. The molecule has 1 aromatic heterocycles. The Morgan fingerprint density at radius 2 is 2.23 bits per heavy atom. The molecule has 2 heterocycles. The summed E-state index contributed by atoms with van der Waals surface area (Å²) in [5.41, 5.74) is 3.06. The van der Waals surface area contributed by atoms with Gasteiger partial charge in [0.25, 0.3) is 0 Å². The second-order valence-corrected chi connectivity index (χ2v) is 6.13. The molecule has 0 N–H and O–H groups in total. The molecular formula is C18H21N3O. The molecule has 3 rings (SSSR count). The van der Waals surface area contributed by atoms with E-state index >= 15 is 0 Å². The largest absolute Gasteiger partial charge is 0.348 e. The molecule has 1 aromatic carbocycles. The molecule has 1 atom stereocenters. The number of nitriles is 1. The number of nitrogens with zero attached hydrogens (tertiary/aromatic N) is 3.